The quantitative estimate of drug-likeness (QED) is 0.636. The van der Waals surface area contributed by atoms with E-state index in [0.717, 1.165) is 5.56 Å². The highest BCUT2D eigenvalue weighted by atomic mass is 16.6. The van der Waals surface area contributed by atoms with E-state index in [0.29, 0.717) is 29.8 Å². The molecule has 0 radical (unpaired) electrons. The number of benzene rings is 2. The monoisotopic (exact) mass is 327 g/mol. The molecule has 24 heavy (non-hydrogen) atoms. The van der Waals surface area contributed by atoms with Crippen LogP contribution in [0.25, 0.3) is 0 Å². The van der Waals surface area contributed by atoms with E-state index in [9.17, 15) is 25.0 Å². The summed E-state index contributed by atoms with van der Waals surface area (Å²) in [6.45, 7) is 1.99. The molecule has 0 atom stereocenters. The van der Waals surface area contributed by atoms with E-state index >= 15 is 0 Å². The zero-order valence-electron chi connectivity index (χ0n) is 12.8. The Morgan fingerprint density at radius 1 is 1.08 bits per heavy atom. The molecule has 8 nitrogen and oxygen atoms in total. The second kappa shape index (κ2) is 5.73. The van der Waals surface area contributed by atoms with Gasteiger partial charge in [-0.25, -0.2) is 0 Å². The lowest BCUT2D eigenvalue weighted by atomic mass is 10.1. The van der Waals surface area contributed by atoms with Crippen LogP contribution in [0.5, 0.6) is 0 Å². The van der Waals surface area contributed by atoms with Gasteiger partial charge in [-0.3, -0.25) is 25.0 Å². The normalized spacial score (nSPS) is 12.8. The van der Waals surface area contributed by atoms with Crippen LogP contribution in [0.2, 0.25) is 0 Å². The highest BCUT2D eigenvalue weighted by Gasteiger charge is 2.28. The van der Waals surface area contributed by atoms with Crippen molar-refractivity contribution in [3.63, 3.8) is 0 Å². The van der Waals surface area contributed by atoms with E-state index in [1.165, 1.54) is 35.2 Å². The van der Waals surface area contributed by atoms with Gasteiger partial charge in [-0.2, -0.15) is 0 Å². The third kappa shape index (κ3) is 2.58. The summed E-state index contributed by atoms with van der Waals surface area (Å²) in [6, 6.07) is 8.63. The van der Waals surface area contributed by atoms with Crippen LogP contribution in [0.1, 0.15) is 21.5 Å². The van der Waals surface area contributed by atoms with Crippen LogP contribution < -0.4 is 4.90 Å². The van der Waals surface area contributed by atoms with Gasteiger partial charge in [0, 0.05) is 35.9 Å². The molecule has 1 aliphatic heterocycles. The number of hydrogen-bond donors (Lipinski definition) is 0. The Bertz CT molecular complexity index is 878. The number of anilines is 1. The fourth-order valence-electron chi connectivity index (χ4n) is 2.84. The summed E-state index contributed by atoms with van der Waals surface area (Å²) < 4.78 is 0. The Kier molecular flexibility index (Phi) is 3.72. The molecule has 0 fully saturated rings. The number of non-ortho nitro benzene ring substituents is 1. The highest BCUT2D eigenvalue weighted by Crippen LogP contribution is 2.33. The molecule has 0 aromatic heterocycles. The van der Waals surface area contributed by atoms with Crippen LogP contribution in [0, 0.1) is 27.2 Å². The maximum atomic E-state index is 12.7. The largest absolute Gasteiger partial charge is 0.308 e. The fraction of sp³-hybridized carbons (Fsp3) is 0.188. The third-order valence-corrected chi connectivity index (χ3v) is 4.06. The minimum atomic E-state index is -0.503. The van der Waals surface area contributed by atoms with E-state index in [1.807, 2.05) is 0 Å². The molecular weight excluding hydrogens is 314 g/mol. The van der Waals surface area contributed by atoms with Gasteiger partial charge in [0.2, 0.25) is 0 Å². The van der Waals surface area contributed by atoms with Crippen LogP contribution >= 0.6 is 0 Å². The van der Waals surface area contributed by atoms with Crippen molar-refractivity contribution < 1.29 is 14.6 Å². The van der Waals surface area contributed by atoms with Gasteiger partial charge in [-0.15, -0.1) is 0 Å². The van der Waals surface area contributed by atoms with Crippen LogP contribution in [0.4, 0.5) is 17.1 Å². The molecule has 0 spiro atoms. The molecule has 3 rings (SSSR count). The van der Waals surface area contributed by atoms with Gasteiger partial charge in [0.05, 0.1) is 15.5 Å². The fourth-order valence-corrected chi connectivity index (χ4v) is 2.84. The van der Waals surface area contributed by atoms with E-state index < -0.39 is 9.85 Å². The molecule has 2 aromatic carbocycles. The number of nitrogens with zero attached hydrogens (tertiary/aromatic N) is 3. The average Bonchev–Trinajstić information content (AvgIpc) is 2.96. The lowest BCUT2D eigenvalue weighted by molar-refractivity contribution is -0.385. The summed E-state index contributed by atoms with van der Waals surface area (Å²) >= 11 is 0. The molecule has 0 N–H and O–H groups in total. The van der Waals surface area contributed by atoms with Crippen molar-refractivity contribution in [3.05, 3.63) is 73.3 Å². The molecule has 122 valence electrons. The minimum Gasteiger partial charge on any atom is -0.308 e. The summed E-state index contributed by atoms with van der Waals surface area (Å²) in [6.07, 6.45) is 0.616. The van der Waals surface area contributed by atoms with Gasteiger partial charge < -0.3 is 4.90 Å². The maximum absolute atomic E-state index is 12.7. The predicted octanol–water partition coefficient (Wildman–Crippen LogP) is 3.01. The molecule has 1 heterocycles. The predicted molar refractivity (Wildman–Crippen MR) is 86.3 cm³/mol. The molecule has 0 unspecified atom stereocenters. The third-order valence-electron chi connectivity index (χ3n) is 4.06. The zero-order valence-corrected chi connectivity index (χ0v) is 12.8. The van der Waals surface area contributed by atoms with E-state index in [2.05, 4.69) is 0 Å². The number of fused-ring (bicyclic) bond motifs is 1. The van der Waals surface area contributed by atoms with E-state index in [1.54, 1.807) is 13.0 Å². The number of nitro groups is 2. The highest BCUT2D eigenvalue weighted by molar-refractivity contribution is 6.07. The first-order valence-corrected chi connectivity index (χ1v) is 7.22. The number of carbonyl (C=O) groups excluding carboxylic acids is 1. The number of aryl methyl sites for hydroxylation is 1. The van der Waals surface area contributed by atoms with Gasteiger partial charge in [0.1, 0.15) is 0 Å². The van der Waals surface area contributed by atoms with Crippen LogP contribution in [0.3, 0.4) is 0 Å². The van der Waals surface area contributed by atoms with Crippen molar-refractivity contribution in [3.8, 4) is 0 Å². The number of rotatable bonds is 3. The first-order chi connectivity index (χ1) is 11.4. The lowest BCUT2D eigenvalue weighted by Crippen LogP contribution is -2.29. The number of carbonyl (C=O) groups is 1. The van der Waals surface area contributed by atoms with Crippen molar-refractivity contribution in [2.45, 2.75) is 13.3 Å². The molecule has 0 aliphatic carbocycles. The second-order valence-electron chi connectivity index (χ2n) is 5.54. The Balaban J connectivity index is 1.96. The molecule has 1 amide bonds. The van der Waals surface area contributed by atoms with Gasteiger partial charge in [0.25, 0.3) is 17.3 Å². The van der Waals surface area contributed by atoms with Crippen LogP contribution in [-0.2, 0) is 6.42 Å². The Morgan fingerprint density at radius 2 is 1.83 bits per heavy atom. The van der Waals surface area contributed by atoms with Crippen molar-refractivity contribution in [1.82, 2.24) is 0 Å². The number of nitro benzene ring substituents is 2. The topological polar surface area (TPSA) is 107 Å². The molecule has 0 bridgehead atoms. The molecule has 1 aliphatic rings. The first-order valence-electron chi connectivity index (χ1n) is 7.22. The summed E-state index contributed by atoms with van der Waals surface area (Å²) in [7, 11) is 0. The SMILES string of the molecule is Cc1cc(C(=O)N2CCc3ccc([N+](=O)[O-])cc32)ccc1[N+](=O)[O-]. The lowest BCUT2D eigenvalue weighted by Gasteiger charge is -2.17. The van der Waals surface area contributed by atoms with Gasteiger partial charge in [-0.05, 0) is 31.0 Å². The Morgan fingerprint density at radius 3 is 2.46 bits per heavy atom. The van der Waals surface area contributed by atoms with Crippen molar-refractivity contribution in [1.29, 1.82) is 0 Å². The average molecular weight is 327 g/mol. The van der Waals surface area contributed by atoms with Crippen molar-refractivity contribution >= 4 is 23.0 Å². The van der Waals surface area contributed by atoms with Crippen LogP contribution in [-0.4, -0.2) is 22.3 Å². The summed E-state index contributed by atoms with van der Waals surface area (Å²) in [5, 5.41) is 21.8. The molecule has 0 saturated carbocycles. The maximum Gasteiger partial charge on any atom is 0.272 e. The van der Waals surface area contributed by atoms with E-state index in [4.69, 9.17) is 0 Å². The van der Waals surface area contributed by atoms with Crippen LogP contribution in [0.15, 0.2) is 36.4 Å². The standard InChI is InChI=1S/C16H13N3O5/c1-10-8-12(3-5-14(10)19(23)24)16(20)17-7-6-11-2-4-13(18(21)22)9-15(11)17/h2-5,8-9H,6-7H2,1H3. The summed E-state index contributed by atoms with van der Waals surface area (Å²) in [5.74, 6) is -0.327. The Hall–Kier alpha value is -3.29. The summed E-state index contributed by atoms with van der Waals surface area (Å²) in [5.41, 5.74) is 1.97. The summed E-state index contributed by atoms with van der Waals surface area (Å²) in [4.78, 5) is 35.0. The zero-order chi connectivity index (χ0) is 17.4. The first kappa shape index (κ1) is 15.6. The smallest absolute Gasteiger partial charge is 0.272 e. The van der Waals surface area contributed by atoms with Crippen molar-refractivity contribution in [2.24, 2.45) is 0 Å². The number of hydrogen-bond acceptors (Lipinski definition) is 5. The molecule has 2 aromatic rings. The Labute approximate surface area is 136 Å². The van der Waals surface area contributed by atoms with Gasteiger partial charge >= 0.3 is 0 Å². The van der Waals surface area contributed by atoms with E-state index in [-0.39, 0.29) is 17.3 Å². The second-order valence-corrected chi connectivity index (χ2v) is 5.54. The van der Waals surface area contributed by atoms with Gasteiger partial charge in [0.15, 0.2) is 0 Å². The van der Waals surface area contributed by atoms with Crippen molar-refractivity contribution in [2.75, 3.05) is 11.4 Å². The number of amides is 1. The molecule has 0 saturated heterocycles. The molecule has 8 heteroatoms. The van der Waals surface area contributed by atoms with Gasteiger partial charge in [-0.1, -0.05) is 6.07 Å². The minimum absolute atomic E-state index is 0.0518. The molecular formula is C16H13N3O5.